The first-order chi connectivity index (χ1) is 10.2. The van der Waals surface area contributed by atoms with Crippen LogP contribution in [0, 0.1) is 11.8 Å². The van der Waals surface area contributed by atoms with Gasteiger partial charge in [-0.2, -0.15) is 0 Å². The van der Waals surface area contributed by atoms with Gasteiger partial charge in [0, 0.05) is 11.4 Å². The summed E-state index contributed by atoms with van der Waals surface area (Å²) >= 11 is 0. The van der Waals surface area contributed by atoms with Crippen LogP contribution in [0.1, 0.15) is 26.7 Å². The van der Waals surface area contributed by atoms with E-state index in [-0.39, 0.29) is 6.10 Å². The van der Waals surface area contributed by atoms with Crippen LogP contribution in [0.3, 0.4) is 0 Å². The fourth-order valence-corrected chi connectivity index (χ4v) is 3.75. The second-order valence-electron chi connectivity index (χ2n) is 6.51. The van der Waals surface area contributed by atoms with E-state index in [9.17, 15) is 0 Å². The number of ether oxygens (including phenoxy) is 1. The molecule has 0 aromatic heterocycles. The van der Waals surface area contributed by atoms with Gasteiger partial charge in [0.1, 0.15) is 11.9 Å². The van der Waals surface area contributed by atoms with Gasteiger partial charge in [-0.1, -0.05) is 50.2 Å². The summed E-state index contributed by atoms with van der Waals surface area (Å²) in [7, 11) is 2.05. The average molecular weight is 283 g/mol. The number of rotatable bonds is 3. The molecule has 112 valence electrons. The number of likely N-dealkylation sites (N-methyl/N-ethyl adjacent to an activating group) is 1. The molecule has 1 saturated carbocycles. The normalized spacial score (nSPS) is 29.5. The Balaban J connectivity index is 1.90. The Morgan fingerprint density at radius 2 is 1.76 bits per heavy atom. The molecule has 0 saturated heterocycles. The first-order valence-electron chi connectivity index (χ1n) is 8.00. The quantitative estimate of drug-likeness (QED) is 0.909. The molecule has 0 bridgehead atoms. The van der Waals surface area contributed by atoms with Crippen molar-refractivity contribution in [1.82, 2.24) is 5.32 Å². The van der Waals surface area contributed by atoms with Crippen LogP contribution >= 0.6 is 0 Å². The van der Waals surface area contributed by atoms with Crippen LogP contribution in [0.15, 0.2) is 42.5 Å². The Bertz CT molecular complexity index is 604. The van der Waals surface area contributed by atoms with E-state index in [4.69, 9.17) is 4.74 Å². The van der Waals surface area contributed by atoms with Crippen molar-refractivity contribution < 1.29 is 4.74 Å². The summed E-state index contributed by atoms with van der Waals surface area (Å²) in [5, 5.41) is 5.91. The fourth-order valence-electron chi connectivity index (χ4n) is 3.75. The van der Waals surface area contributed by atoms with Gasteiger partial charge in [-0.15, -0.1) is 0 Å². The lowest BCUT2D eigenvalue weighted by Crippen LogP contribution is -2.49. The van der Waals surface area contributed by atoms with Gasteiger partial charge in [0.05, 0.1) is 0 Å². The minimum absolute atomic E-state index is 0.247. The topological polar surface area (TPSA) is 21.3 Å². The van der Waals surface area contributed by atoms with Crippen molar-refractivity contribution in [1.29, 1.82) is 0 Å². The summed E-state index contributed by atoms with van der Waals surface area (Å²) in [4.78, 5) is 0. The minimum Gasteiger partial charge on any atom is -0.488 e. The van der Waals surface area contributed by atoms with Crippen molar-refractivity contribution in [3.8, 4) is 5.75 Å². The SMILES string of the molecule is CNC1CC(C)CC(C)C1Oc1cccc2ccccc12. The molecule has 1 aliphatic carbocycles. The van der Waals surface area contributed by atoms with E-state index in [2.05, 4.69) is 68.7 Å². The van der Waals surface area contributed by atoms with Gasteiger partial charge in [-0.05, 0) is 43.2 Å². The van der Waals surface area contributed by atoms with Crippen molar-refractivity contribution in [3.05, 3.63) is 42.5 Å². The predicted octanol–water partition coefficient (Wildman–Crippen LogP) is 4.24. The zero-order chi connectivity index (χ0) is 14.8. The van der Waals surface area contributed by atoms with Crippen molar-refractivity contribution in [2.75, 3.05) is 7.05 Å². The van der Waals surface area contributed by atoms with E-state index in [0.29, 0.717) is 12.0 Å². The van der Waals surface area contributed by atoms with Gasteiger partial charge in [0.2, 0.25) is 0 Å². The van der Waals surface area contributed by atoms with Gasteiger partial charge in [-0.3, -0.25) is 0 Å². The molecular formula is C19H25NO. The molecule has 0 radical (unpaired) electrons. The van der Waals surface area contributed by atoms with E-state index in [1.165, 1.54) is 23.6 Å². The van der Waals surface area contributed by atoms with Crippen molar-refractivity contribution >= 4 is 10.8 Å². The minimum atomic E-state index is 0.247. The summed E-state index contributed by atoms with van der Waals surface area (Å²) in [5.74, 6) is 2.36. The highest BCUT2D eigenvalue weighted by atomic mass is 16.5. The Kier molecular flexibility index (Phi) is 4.16. The molecule has 1 N–H and O–H groups in total. The number of hydrogen-bond acceptors (Lipinski definition) is 2. The van der Waals surface area contributed by atoms with Crippen molar-refractivity contribution in [2.24, 2.45) is 11.8 Å². The Morgan fingerprint density at radius 1 is 1.00 bits per heavy atom. The van der Waals surface area contributed by atoms with Crippen LogP contribution in [-0.4, -0.2) is 19.2 Å². The van der Waals surface area contributed by atoms with Gasteiger partial charge in [0.15, 0.2) is 0 Å². The van der Waals surface area contributed by atoms with Gasteiger partial charge in [0.25, 0.3) is 0 Å². The van der Waals surface area contributed by atoms with Crippen LogP contribution in [0.2, 0.25) is 0 Å². The van der Waals surface area contributed by atoms with Crippen LogP contribution < -0.4 is 10.1 Å². The van der Waals surface area contributed by atoms with Gasteiger partial charge in [-0.25, -0.2) is 0 Å². The highest BCUT2D eigenvalue weighted by molar-refractivity contribution is 5.88. The Labute approximate surface area is 127 Å². The molecule has 4 atom stereocenters. The molecule has 3 rings (SSSR count). The first-order valence-corrected chi connectivity index (χ1v) is 8.00. The van der Waals surface area contributed by atoms with Crippen LogP contribution in [0.25, 0.3) is 10.8 Å². The molecule has 1 aliphatic rings. The number of benzene rings is 2. The molecule has 4 unspecified atom stereocenters. The Hall–Kier alpha value is -1.54. The van der Waals surface area contributed by atoms with E-state index in [1.807, 2.05) is 0 Å². The standard InChI is InChI=1S/C19H25NO/c1-13-11-14(2)19(17(12-13)20-3)21-18-10-6-8-15-7-4-5-9-16(15)18/h4-10,13-14,17,19-20H,11-12H2,1-3H3. The maximum absolute atomic E-state index is 6.47. The van der Waals surface area contributed by atoms with Crippen molar-refractivity contribution in [2.45, 2.75) is 38.8 Å². The second kappa shape index (κ2) is 6.07. The highest BCUT2D eigenvalue weighted by Gasteiger charge is 2.34. The number of nitrogens with one attached hydrogen (secondary N) is 1. The summed E-state index contributed by atoms with van der Waals surface area (Å²) in [5.41, 5.74) is 0. The van der Waals surface area contributed by atoms with E-state index >= 15 is 0 Å². The number of hydrogen-bond donors (Lipinski definition) is 1. The van der Waals surface area contributed by atoms with Gasteiger partial charge >= 0.3 is 0 Å². The third kappa shape index (κ3) is 2.91. The lowest BCUT2D eigenvalue weighted by Gasteiger charge is -2.39. The molecular weight excluding hydrogens is 258 g/mol. The van der Waals surface area contributed by atoms with E-state index in [1.54, 1.807) is 0 Å². The fraction of sp³-hybridized carbons (Fsp3) is 0.474. The highest BCUT2D eigenvalue weighted by Crippen LogP contribution is 2.34. The molecule has 2 aromatic rings. The molecule has 2 aromatic carbocycles. The first kappa shape index (κ1) is 14.4. The van der Waals surface area contributed by atoms with Crippen LogP contribution in [0.5, 0.6) is 5.75 Å². The molecule has 0 amide bonds. The summed E-state index contributed by atoms with van der Waals surface area (Å²) in [6.45, 7) is 4.66. The zero-order valence-electron chi connectivity index (χ0n) is 13.2. The predicted molar refractivity (Wildman–Crippen MR) is 88.8 cm³/mol. The molecule has 0 aliphatic heterocycles. The summed E-state index contributed by atoms with van der Waals surface area (Å²) < 4.78 is 6.47. The smallest absolute Gasteiger partial charge is 0.127 e. The third-order valence-electron chi connectivity index (χ3n) is 4.77. The molecule has 1 fully saturated rings. The van der Waals surface area contributed by atoms with E-state index in [0.717, 1.165) is 11.7 Å². The maximum atomic E-state index is 6.47. The largest absolute Gasteiger partial charge is 0.488 e. The Morgan fingerprint density at radius 3 is 2.57 bits per heavy atom. The monoisotopic (exact) mass is 283 g/mol. The van der Waals surface area contributed by atoms with Crippen LogP contribution in [0.4, 0.5) is 0 Å². The molecule has 21 heavy (non-hydrogen) atoms. The van der Waals surface area contributed by atoms with E-state index < -0.39 is 0 Å². The van der Waals surface area contributed by atoms with Gasteiger partial charge < -0.3 is 10.1 Å². The molecule has 2 nitrogen and oxygen atoms in total. The second-order valence-corrected chi connectivity index (χ2v) is 6.51. The lowest BCUT2D eigenvalue weighted by molar-refractivity contribution is 0.0519. The molecule has 0 spiro atoms. The molecule has 2 heteroatoms. The van der Waals surface area contributed by atoms with Crippen molar-refractivity contribution in [3.63, 3.8) is 0 Å². The summed E-state index contributed by atoms with van der Waals surface area (Å²) in [6, 6.07) is 15.2. The molecule has 0 heterocycles. The lowest BCUT2D eigenvalue weighted by atomic mass is 9.78. The zero-order valence-corrected chi connectivity index (χ0v) is 13.2. The average Bonchev–Trinajstić information content (AvgIpc) is 2.50. The number of fused-ring (bicyclic) bond motifs is 1. The maximum Gasteiger partial charge on any atom is 0.127 e. The van der Waals surface area contributed by atoms with Crippen LogP contribution in [-0.2, 0) is 0 Å². The summed E-state index contributed by atoms with van der Waals surface area (Å²) in [6.07, 6.45) is 2.68. The third-order valence-corrected chi connectivity index (χ3v) is 4.77.